The van der Waals surface area contributed by atoms with E-state index in [0.717, 1.165) is 34.1 Å². The van der Waals surface area contributed by atoms with Gasteiger partial charge >= 0.3 is 0 Å². The minimum absolute atomic E-state index is 0.145. The maximum Gasteiger partial charge on any atom is 0.124 e. The monoisotopic (exact) mass is 376 g/mol. The predicted molar refractivity (Wildman–Crippen MR) is 110 cm³/mol. The standard InChI is InChI=1S/C22H17ClN2O2/c1-27-16-9-6-14(7-10-16)20-13-21(17-12-15(23)8-11-22(17)26)25-19-5-3-2-4-18(19)24-20/h2-12,26H,13H2,1H3. The lowest BCUT2D eigenvalue weighted by atomic mass is 9.99. The lowest BCUT2D eigenvalue weighted by Gasteiger charge is -2.10. The van der Waals surface area contributed by atoms with Crippen molar-refractivity contribution in [3.8, 4) is 11.5 Å². The second-order valence-corrected chi connectivity index (χ2v) is 6.61. The summed E-state index contributed by atoms with van der Waals surface area (Å²) < 4.78 is 5.25. The first-order chi connectivity index (χ1) is 13.1. The van der Waals surface area contributed by atoms with E-state index in [0.29, 0.717) is 17.0 Å². The third-order valence-electron chi connectivity index (χ3n) is 4.42. The Kier molecular flexibility index (Phi) is 4.65. The second kappa shape index (κ2) is 7.25. The first kappa shape index (κ1) is 17.3. The number of para-hydroxylation sites is 2. The Bertz CT molecular complexity index is 1060. The molecule has 4 rings (SSSR count). The molecule has 27 heavy (non-hydrogen) atoms. The summed E-state index contributed by atoms with van der Waals surface area (Å²) in [5, 5.41) is 10.9. The number of phenolic OH excluding ortho intramolecular Hbond substituents is 1. The van der Waals surface area contributed by atoms with Gasteiger partial charge in [-0.2, -0.15) is 0 Å². The molecule has 0 bridgehead atoms. The van der Waals surface area contributed by atoms with Crippen molar-refractivity contribution in [1.29, 1.82) is 0 Å². The summed E-state index contributed by atoms with van der Waals surface area (Å²) in [5.41, 5.74) is 4.72. The molecular formula is C22H17ClN2O2. The van der Waals surface area contributed by atoms with E-state index in [1.54, 1.807) is 25.3 Å². The Morgan fingerprint density at radius 3 is 2.22 bits per heavy atom. The van der Waals surface area contributed by atoms with E-state index >= 15 is 0 Å². The molecule has 0 atom stereocenters. The molecule has 3 aromatic carbocycles. The molecule has 0 aliphatic carbocycles. The molecule has 3 aromatic rings. The van der Waals surface area contributed by atoms with Crippen molar-refractivity contribution < 1.29 is 9.84 Å². The highest BCUT2D eigenvalue weighted by atomic mass is 35.5. The Hall–Kier alpha value is -3.11. The number of benzene rings is 3. The van der Waals surface area contributed by atoms with Gasteiger partial charge in [0, 0.05) is 17.0 Å². The number of rotatable bonds is 3. The lowest BCUT2D eigenvalue weighted by Crippen LogP contribution is -2.10. The SMILES string of the molecule is COc1ccc(C2=Nc3ccccc3N=C(c3cc(Cl)ccc3O)C2)cc1. The van der Waals surface area contributed by atoms with Gasteiger partial charge in [0.05, 0.1) is 29.9 Å². The van der Waals surface area contributed by atoms with Crippen molar-refractivity contribution >= 4 is 34.4 Å². The smallest absolute Gasteiger partial charge is 0.124 e. The van der Waals surface area contributed by atoms with Gasteiger partial charge in [-0.25, -0.2) is 0 Å². The Balaban J connectivity index is 1.85. The van der Waals surface area contributed by atoms with E-state index in [1.807, 2.05) is 48.5 Å². The largest absolute Gasteiger partial charge is 0.507 e. The first-order valence-electron chi connectivity index (χ1n) is 8.51. The first-order valence-corrected chi connectivity index (χ1v) is 8.89. The van der Waals surface area contributed by atoms with E-state index in [2.05, 4.69) is 0 Å². The van der Waals surface area contributed by atoms with Crippen LogP contribution >= 0.6 is 11.6 Å². The maximum absolute atomic E-state index is 10.4. The van der Waals surface area contributed by atoms with Crippen molar-refractivity contribution in [3.63, 3.8) is 0 Å². The predicted octanol–water partition coefficient (Wildman–Crippen LogP) is 5.70. The van der Waals surface area contributed by atoms with Crippen molar-refractivity contribution in [2.24, 2.45) is 9.98 Å². The van der Waals surface area contributed by atoms with Crippen LogP contribution in [-0.2, 0) is 0 Å². The van der Waals surface area contributed by atoms with Crippen molar-refractivity contribution in [2.75, 3.05) is 7.11 Å². The van der Waals surface area contributed by atoms with Crippen LogP contribution in [0.4, 0.5) is 11.4 Å². The van der Waals surface area contributed by atoms with E-state index in [1.165, 1.54) is 0 Å². The summed E-state index contributed by atoms with van der Waals surface area (Å²) in [4.78, 5) is 9.62. The quantitative estimate of drug-likeness (QED) is 0.637. The number of aliphatic imine (C=N–C) groups is 2. The molecule has 0 saturated heterocycles. The highest BCUT2D eigenvalue weighted by molar-refractivity contribution is 6.31. The van der Waals surface area contributed by atoms with E-state index in [4.69, 9.17) is 26.3 Å². The molecule has 4 nitrogen and oxygen atoms in total. The molecule has 0 amide bonds. The van der Waals surface area contributed by atoms with Crippen LogP contribution in [0.3, 0.4) is 0 Å². The highest BCUT2D eigenvalue weighted by Crippen LogP contribution is 2.34. The van der Waals surface area contributed by atoms with Gasteiger partial charge in [-0.05, 0) is 60.2 Å². The number of halogens is 1. The third kappa shape index (κ3) is 3.57. The van der Waals surface area contributed by atoms with E-state index in [9.17, 15) is 5.11 Å². The number of ether oxygens (including phenoxy) is 1. The number of phenols is 1. The van der Waals surface area contributed by atoms with Crippen LogP contribution in [0.1, 0.15) is 17.5 Å². The van der Waals surface area contributed by atoms with Crippen LogP contribution in [-0.4, -0.2) is 23.6 Å². The van der Waals surface area contributed by atoms with Gasteiger partial charge in [-0.3, -0.25) is 9.98 Å². The molecule has 1 aliphatic rings. The Morgan fingerprint density at radius 2 is 1.56 bits per heavy atom. The minimum atomic E-state index is 0.145. The highest BCUT2D eigenvalue weighted by Gasteiger charge is 2.19. The fourth-order valence-corrected chi connectivity index (χ4v) is 3.20. The van der Waals surface area contributed by atoms with Gasteiger partial charge in [0.15, 0.2) is 0 Å². The van der Waals surface area contributed by atoms with Crippen LogP contribution < -0.4 is 4.74 Å². The van der Waals surface area contributed by atoms with Crippen molar-refractivity contribution in [2.45, 2.75) is 6.42 Å². The molecule has 0 fully saturated rings. The molecule has 1 heterocycles. The summed E-state index contributed by atoms with van der Waals surface area (Å²) in [6, 6.07) is 20.4. The van der Waals surface area contributed by atoms with Crippen molar-refractivity contribution in [1.82, 2.24) is 0 Å². The normalized spacial score (nSPS) is 13.3. The molecule has 0 saturated carbocycles. The average molecular weight is 377 g/mol. The molecule has 1 N–H and O–H groups in total. The topological polar surface area (TPSA) is 54.2 Å². The molecule has 0 spiro atoms. The van der Waals surface area contributed by atoms with Gasteiger partial charge in [-0.15, -0.1) is 0 Å². The van der Waals surface area contributed by atoms with Gasteiger partial charge in [0.25, 0.3) is 0 Å². The molecule has 1 aliphatic heterocycles. The van der Waals surface area contributed by atoms with E-state index < -0.39 is 0 Å². The Morgan fingerprint density at radius 1 is 0.889 bits per heavy atom. The van der Waals surface area contributed by atoms with Gasteiger partial charge in [0.1, 0.15) is 11.5 Å². The van der Waals surface area contributed by atoms with Crippen LogP contribution in [0.2, 0.25) is 5.02 Å². The zero-order valence-corrected chi connectivity index (χ0v) is 15.4. The van der Waals surface area contributed by atoms with Crippen LogP contribution in [0.5, 0.6) is 11.5 Å². The molecule has 0 radical (unpaired) electrons. The number of methoxy groups -OCH3 is 1. The summed E-state index contributed by atoms with van der Waals surface area (Å²) in [6.45, 7) is 0. The van der Waals surface area contributed by atoms with Gasteiger partial charge < -0.3 is 9.84 Å². The number of aromatic hydroxyl groups is 1. The number of hydrogen-bond donors (Lipinski definition) is 1. The molecule has 0 aromatic heterocycles. The summed E-state index contributed by atoms with van der Waals surface area (Å²) >= 11 is 6.15. The Labute approximate surface area is 162 Å². The number of nitrogens with zero attached hydrogens (tertiary/aromatic N) is 2. The molecule has 0 unspecified atom stereocenters. The zero-order valence-electron chi connectivity index (χ0n) is 14.7. The molecular weight excluding hydrogens is 360 g/mol. The zero-order chi connectivity index (χ0) is 18.8. The lowest BCUT2D eigenvalue weighted by molar-refractivity contribution is 0.415. The van der Waals surface area contributed by atoms with E-state index in [-0.39, 0.29) is 5.75 Å². The fraction of sp³-hybridized carbons (Fsp3) is 0.0909. The summed E-state index contributed by atoms with van der Waals surface area (Å²) in [7, 11) is 1.64. The third-order valence-corrected chi connectivity index (χ3v) is 4.66. The van der Waals surface area contributed by atoms with Gasteiger partial charge in [-0.1, -0.05) is 23.7 Å². The summed E-state index contributed by atoms with van der Waals surface area (Å²) in [6.07, 6.45) is 0.467. The molecule has 5 heteroatoms. The maximum atomic E-state index is 10.4. The average Bonchev–Trinajstić information content (AvgIpc) is 2.89. The molecule has 134 valence electrons. The van der Waals surface area contributed by atoms with Crippen LogP contribution in [0.15, 0.2) is 76.7 Å². The van der Waals surface area contributed by atoms with Gasteiger partial charge in [0.2, 0.25) is 0 Å². The minimum Gasteiger partial charge on any atom is -0.507 e. The van der Waals surface area contributed by atoms with Crippen LogP contribution in [0.25, 0.3) is 0 Å². The van der Waals surface area contributed by atoms with Crippen LogP contribution in [0, 0.1) is 0 Å². The van der Waals surface area contributed by atoms with Crippen molar-refractivity contribution in [3.05, 3.63) is 82.9 Å². The summed E-state index contributed by atoms with van der Waals surface area (Å²) in [5.74, 6) is 0.932. The number of fused-ring (bicyclic) bond motifs is 1. The second-order valence-electron chi connectivity index (χ2n) is 6.17. The number of hydrogen-bond acceptors (Lipinski definition) is 4. The fourth-order valence-electron chi connectivity index (χ4n) is 3.03.